The number of hydrogen-bond acceptors (Lipinski definition) is 4. The lowest BCUT2D eigenvalue weighted by Gasteiger charge is -2.27. The summed E-state index contributed by atoms with van der Waals surface area (Å²) in [5.41, 5.74) is 1.03. The zero-order valence-electron chi connectivity index (χ0n) is 13.7. The highest BCUT2D eigenvalue weighted by Gasteiger charge is 2.22. The molecule has 1 atom stereocenters. The van der Waals surface area contributed by atoms with E-state index >= 15 is 0 Å². The minimum absolute atomic E-state index is 0.0801. The van der Waals surface area contributed by atoms with Gasteiger partial charge in [0.1, 0.15) is 6.04 Å². The summed E-state index contributed by atoms with van der Waals surface area (Å²) in [4.78, 5) is 16.9. The van der Waals surface area contributed by atoms with Gasteiger partial charge in [0.15, 0.2) is 0 Å². The van der Waals surface area contributed by atoms with Crippen LogP contribution in [0.5, 0.6) is 0 Å². The minimum atomic E-state index is -0.222. The topological polar surface area (TPSA) is 47.6 Å². The molecule has 1 heterocycles. The van der Waals surface area contributed by atoms with Crippen molar-refractivity contribution in [2.45, 2.75) is 12.5 Å². The van der Waals surface area contributed by atoms with Crippen LogP contribution in [0.2, 0.25) is 0 Å². The Balaban J connectivity index is 1.76. The average molecular weight is 304 g/mol. The van der Waals surface area contributed by atoms with Crippen LogP contribution in [0.1, 0.15) is 18.0 Å². The average Bonchev–Trinajstić information content (AvgIpc) is 2.53. The second-order valence-electron chi connectivity index (χ2n) is 6.01. The van der Waals surface area contributed by atoms with E-state index in [4.69, 9.17) is 0 Å². The van der Waals surface area contributed by atoms with E-state index in [-0.39, 0.29) is 11.9 Å². The van der Waals surface area contributed by atoms with Crippen molar-refractivity contribution in [2.75, 3.05) is 53.4 Å². The normalized spacial score (nSPS) is 17.4. The zero-order valence-corrected chi connectivity index (χ0v) is 13.7. The summed E-state index contributed by atoms with van der Waals surface area (Å²) in [7, 11) is 3.88. The highest BCUT2D eigenvalue weighted by Crippen LogP contribution is 2.17. The summed E-state index contributed by atoms with van der Waals surface area (Å²) in [6.07, 6.45) is 1.00. The molecule has 5 nitrogen and oxygen atoms in total. The van der Waals surface area contributed by atoms with Crippen molar-refractivity contribution >= 4 is 5.91 Å². The number of nitrogens with zero attached hydrogens (tertiary/aromatic N) is 2. The SMILES string of the molecule is CN(C)C(C(=O)NCCCN1CCNCC1)c1ccccc1. The van der Waals surface area contributed by atoms with Crippen molar-refractivity contribution in [1.82, 2.24) is 20.4 Å². The van der Waals surface area contributed by atoms with Gasteiger partial charge in [-0.25, -0.2) is 0 Å². The fourth-order valence-corrected chi connectivity index (χ4v) is 2.87. The smallest absolute Gasteiger partial charge is 0.241 e. The van der Waals surface area contributed by atoms with Crippen molar-refractivity contribution < 1.29 is 4.79 Å². The van der Waals surface area contributed by atoms with E-state index in [0.29, 0.717) is 0 Å². The first-order valence-electron chi connectivity index (χ1n) is 8.10. The number of hydrogen-bond donors (Lipinski definition) is 2. The second-order valence-corrected chi connectivity index (χ2v) is 6.01. The molecule has 1 fully saturated rings. The Labute approximate surface area is 133 Å². The number of carbonyl (C=O) groups excluding carboxylic acids is 1. The number of carbonyl (C=O) groups is 1. The fourth-order valence-electron chi connectivity index (χ4n) is 2.87. The highest BCUT2D eigenvalue weighted by molar-refractivity contribution is 5.83. The summed E-state index contributed by atoms with van der Waals surface area (Å²) in [6, 6.07) is 9.71. The summed E-state index contributed by atoms with van der Waals surface area (Å²) < 4.78 is 0. The van der Waals surface area contributed by atoms with Crippen LogP contribution in [-0.4, -0.2) is 69.1 Å². The van der Waals surface area contributed by atoms with Crippen LogP contribution in [0, 0.1) is 0 Å². The molecule has 1 aliphatic heterocycles. The lowest BCUT2D eigenvalue weighted by Crippen LogP contribution is -2.44. The van der Waals surface area contributed by atoms with Gasteiger partial charge < -0.3 is 15.5 Å². The van der Waals surface area contributed by atoms with E-state index in [9.17, 15) is 4.79 Å². The summed E-state index contributed by atoms with van der Waals surface area (Å²) in [6.45, 7) is 6.16. The van der Waals surface area contributed by atoms with Gasteiger partial charge in [-0.15, -0.1) is 0 Å². The van der Waals surface area contributed by atoms with Gasteiger partial charge in [0, 0.05) is 32.7 Å². The van der Waals surface area contributed by atoms with Gasteiger partial charge in [-0.3, -0.25) is 9.69 Å². The van der Waals surface area contributed by atoms with Gasteiger partial charge in [-0.1, -0.05) is 30.3 Å². The lowest BCUT2D eigenvalue weighted by atomic mass is 10.1. The molecule has 1 aliphatic rings. The third-order valence-electron chi connectivity index (χ3n) is 4.04. The zero-order chi connectivity index (χ0) is 15.8. The van der Waals surface area contributed by atoms with Gasteiger partial charge in [-0.2, -0.15) is 0 Å². The summed E-state index contributed by atoms with van der Waals surface area (Å²) in [5, 5.41) is 6.43. The molecule has 1 unspecified atom stereocenters. The van der Waals surface area contributed by atoms with Crippen molar-refractivity contribution in [3.8, 4) is 0 Å². The summed E-state index contributed by atoms with van der Waals surface area (Å²) in [5.74, 6) is 0.0801. The fraction of sp³-hybridized carbons (Fsp3) is 0.588. The predicted octanol–water partition coefficient (Wildman–Crippen LogP) is 0.701. The van der Waals surface area contributed by atoms with Crippen molar-refractivity contribution in [3.63, 3.8) is 0 Å². The van der Waals surface area contributed by atoms with Crippen molar-refractivity contribution in [1.29, 1.82) is 0 Å². The number of piperazine rings is 1. The third-order valence-corrected chi connectivity index (χ3v) is 4.04. The standard InChI is InChI=1S/C17H28N4O/c1-20(2)16(15-7-4-3-5-8-15)17(22)19-9-6-12-21-13-10-18-11-14-21/h3-5,7-8,16,18H,6,9-14H2,1-2H3,(H,19,22). The molecule has 0 aromatic heterocycles. The van der Waals surface area contributed by atoms with E-state index in [1.54, 1.807) is 0 Å². The number of amides is 1. The van der Waals surface area contributed by atoms with Crippen LogP contribution in [0.4, 0.5) is 0 Å². The van der Waals surface area contributed by atoms with Gasteiger partial charge in [0.25, 0.3) is 0 Å². The van der Waals surface area contributed by atoms with E-state index < -0.39 is 0 Å². The minimum Gasteiger partial charge on any atom is -0.354 e. The lowest BCUT2D eigenvalue weighted by molar-refractivity contribution is -0.125. The molecular weight excluding hydrogens is 276 g/mol. The van der Waals surface area contributed by atoms with Crippen LogP contribution in [0.15, 0.2) is 30.3 Å². The molecule has 22 heavy (non-hydrogen) atoms. The van der Waals surface area contributed by atoms with Gasteiger partial charge in [-0.05, 0) is 32.6 Å². The molecule has 0 aliphatic carbocycles. The molecule has 1 aromatic carbocycles. The molecule has 0 bridgehead atoms. The Morgan fingerprint density at radius 2 is 1.95 bits per heavy atom. The predicted molar refractivity (Wildman–Crippen MR) is 89.8 cm³/mol. The van der Waals surface area contributed by atoms with Crippen LogP contribution >= 0.6 is 0 Å². The first-order valence-corrected chi connectivity index (χ1v) is 8.10. The molecule has 0 saturated carbocycles. The second kappa shape index (κ2) is 8.88. The largest absolute Gasteiger partial charge is 0.354 e. The number of likely N-dealkylation sites (N-methyl/N-ethyl adjacent to an activating group) is 1. The molecule has 2 N–H and O–H groups in total. The molecule has 1 amide bonds. The monoisotopic (exact) mass is 304 g/mol. The number of rotatable bonds is 7. The van der Waals surface area contributed by atoms with Crippen LogP contribution in [0.25, 0.3) is 0 Å². The maximum atomic E-state index is 12.5. The van der Waals surface area contributed by atoms with Crippen molar-refractivity contribution in [3.05, 3.63) is 35.9 Å². The summed E-state index contributed by atoms with van der Waals surface area (Å²) >= 11 is 0. The van der Waals surface area contributed by atoms with Gasteiger partial charge >= 0.3 is 0 Å². The van der Waals surface area contributed by atoms with Gasteiger partial charge in [0.05, 0.1) is 0 Å². The molecule has 5 heteroatoms. The van der Waals surface area contributed by atoms with Crippen LogP contribution in [-0.2, 0) is 4.79 Å². The number of benzene rings is 1. The van der Waals surface area contributed by atoms with Gasteiger partial charge in [0.2, 0.25) is 5.91 Å². The van der Waals surface area contributed by atoms with Crippen LogP contribution in [0.3, 0.4) is 0 Å². The maximum Gasteiger partial charge on any atom is 0.241 e. The first-order chi connectivity index (χ1) is 10.7. The van der Waals surface area contributed by atoms with E-state index in [1.165, 1.54) is 0 Å². The Morgan fingerprint density at radius 1 is 1.27 bits per heavy atom. The number of nitrogens with one attached hydrogen (secondary N) is 2. The highest BCUT2D eigenvalue weighted by atomic mass is 16.2. The molecule has 2 rings (SSSR count). The van der Waals surface area contributed by atoms with Crippen molar-refractivity contribution in [2.24, 2.45) is 0 Å². The van der Waals surface area contributed by atoms with Crippen LogP contribution < -0.4 is 10.6 Å². The van der Waals surface area contributed by atoms with E-state index in [0.717, 1.165) is 51.3 Å². The Kier molecular flexibility index (Phi) is 6.83. The van der Waals surface area contributed by atoms with E-state index in [2.05, 4.69) is 15.5 Å². The molecule has 1 saturated heterocycles. The maximum absolute atomic E-state index is 12.5. The van der Waals surface area contributed by atoms with E-state index in [1.807, 2.05) is 49.3 Å². The molecule has 0 radical (unpaired) electrons. The molecule has 1 aromatic rings. The molecule has 122 valence electrons. The third kappa shape index (κ3) is 5.09. The Hall–Kier alpha value is -1.43. The quantitative estimate of drug-likeness (QED) is 0.728. The molecule has 0 spiro atoms. The first kappa shape index (κ1) is 16.9. The molecular formula is C17H28N4O. The Morgan fingerprint density at radius 3 is 2.59 bits per heavy atom. The Bertz CT molecular complexity index is 443.